The molecule has 2 heterocycles. The minimum absolute atomic E-state index is 0. The summed E-state index contributed by atoms with van der Waals surface area (Å²) in [5, 5.41) is 13.8. The standard InChI is InChI=1S/C15H25N7S.HI/c1-6-16-14(18-8-12-19-10-20-22(12)5)17-7-11-9-23-13(21-11)15(2,3)4;/h9-10H,6-8H2,1-5H3,(H2,16,17,18);1H. The molecule has 0 spiro atoms. The molecule has 0 unspecified atom stereocenters. The van der Waals surface area contributed by atoms with Gasteiger partial charge < -0.3 is 10.6 Å². The highest BCUT2D eigenvalue weighted by Crippen LogP contribution is 2.25. The van der Waals surface area contributed by atoms with Gasteiger partial charge in [-0.15, -0.1) is 35.3 Å². The highest BCUT2D eigenvalue weighted by Gasteiger charge is 2.17. The second-order valence-electron chi connectivity index (χ2n) is 6.24. The van der Waals surface area contributed by atoms with Gasteiger partial charge in [0.25, 0.3) is 0 Å². The van der Waals surface area contributed by atoms with Crippen molar-refractivity contribution in [3.63, 3.8) is 0 Å². The Kier molecular flexibility index (Phi) is 8.07. The number of hydrogen-bond acceptors (Lipinski definition) is 5. The first kappa shape index (κ1) is 20.8. The number of thiazole rings is 1. The summed E-state index contributed by atoms with van der Waals surface area (Å²) in [6.45, 7) is 10.5. The second-order valence-corrected chi connectivity index (χ2v) is 7.10. The van der Waals surface area contributed by atoms with Crippen LogP contribution in [0.5, 0.6) is 0 Å². The largest absolute Gasteiger partial charge is 0.357 e. The number of aryl methyl sites for hydroxylation is 1. The topological polar surface area (TPSA) is 80.0 Å². The summed E-state index contributed by atoms with van der Waals surface area (Å²) in [5.41, 5.74) is 1.08. The number of guanidine groups is 1. The molecule has 0 atom stereocenters. The highest BCUT2D eigenvalue weighted by atomic mass is 127. The number of rotatable bonds is 5. The molecule has 0 aliphatic heterocycles. The van der Waals surface area contributed by atoms with Crippen LogP contribution < -0.4 is 10.6 Å². The van der Waals surface area contributed by atoms with E-state index in [0.29, 0.717) is 13.1 Å². The molecule has 2 aromatic rings. The SMILES string of the molecule is CCNC(=NCc1csc(C(C)(C)C)n1)NCc1ncnn1C.I. The second kappa shape index (κ2) is 9.30. The van der Waals surface area contributed by atoms with Crippen LogP contribution in [0, 0.1) is 0 Å². The maximum atomic E-state index is 4.67. The smallest absolute Gasteiger partial charge is 0.192 e. The van der Waals surface area contributed by atoms with Crippen LogP contribution in [0.1, 0.15) is 44.2 Å². The van der Waals surface area contributed by atoms with Crippen LogP contribution in [0.3, 0.4) is 0 Å². The zero-order chi connectivity index (χ0) is 16.9. The lowest BCUT2D eigenvalue weighted by atomic mass is 9.98. The van der Waals surface area contributed by atoms with Gasteiger partial charge in [0.05, 0.1) is 23.8 Å². The fourth-order valence-electron chi connectivity index (χ4n) is 1.87. The summed E-state index contributed by atoms with van der Waals surface area (Å²) in [5.74, 6) is 1.61. The van der Waals surface area contributed by atoms with Crippen LogP contribution in [0.4, 0.5) is 0 Å². The monoisotopic (exact) mass is 463 g/mol. The molecule has 0 saturated carbocycles. The third-order valence-corrected chi connectivity index (χ3v) is 4.47. The minimum Gasteiger partial charge on any atom is -0.357 e. The van der Waals surface area contributed by atoms with E-state index in [1.54, 1.807) is 22.3 Å². The maximum absolute atomic E-state index is 4.67. The zero-order valence-electron chi connectivity index (χ0n) is 14.8. The van der Waals surface area contributed by atoms with E-state index in [0.717, 1.165) is 29.0 Å². The summed E-state index contributed by atoms with van der Waals surface area (Å²) < 4.78 is 1.74. The van der Waals surface area contributed by atoms with Gasteiger partial charge in [-0.3, -0.25) is 4.68 Å². The molecule has 0 aromatic carbocycles. The van der Waals surface area contributed by atoms with Gasteiger partial charge >= 0.3 is 0 Å². The Hall–Kier alpha value is -1.23. The lowest BCUT2D eigenvalue weighted by molar-refractivity contribution is 0.583. The highest BCUT2D eigenvalue weighted by molar-refractivity contribution is 14.0. The van der Waals surface area contributed by atoms with E-state index < -0.39 is 0 Å². The molecule has 0 aliphatic carbocycles. The maximum Gasteiger partial charge on any atom is 0.192 e. The quantitative estimate of drug-likeness (QED) is 0.405. The Morgan fingerprint density at radius 2 is 2.08 bits per heavy atom. The van der Waals surface area contributed by atoms with Gasteiger partial charge in [-0.1, -0.05) is 20.8 Å². The summed E-state index contributed by atoms with van der Waals surface area (Å²) in [6.07, 6.45) is 1.55. The van der Waals surface area contributed by atoms with Gasteiger partial charge in [0.15, 0.2) is 5.96 Å². The van der Waals surface area contributed by atoms with Gasteiger partial charge in [-0.2, -0.15) is 5.10 Å². The van der Waals surface area contributed by atoms with Crippen LogP contribution >= 0.6 is 35.3 Å². The number of nitrogens with one attached hydrogen (secondary N) is 2. The molecule has 0 bridgehead atoms. The van der Waals surface area contributed by atoms with E-state index in [9.17, 15) is 0 Å². The van der Waals surface area contributed by atoms with E-state index in [-0.39, 0.29) is 29.4 Å². The van der Waals surface area contributed by atoms with Crippen LogP contribution in [-0.4, -0.2) is 32.3 Å². The molecule has 0 fully saturated rings. The molecule has 134 valence electrons. The first-order valence-electron chi connectivity index (χ1n) is 7.70. The lowest BCUT2D eigenvalue weighted by Crippen LogP contribution is -2.37. The van der Waals surface area contributed by atoms with Crippen molar-refractivity contribution in [2.45, 2.75) is 46.2 Å². The Balaban J connectivity index is 0.00000288. The Morgan fingerprint density at radius 1 is 1.33 bits per heavy atom. The summed E-state index contributed by atoms with van der Waals surface area (Å²) in [4.78, 5) is 13.4. The van der Waals surface area contributed by atoms with Crippen LogP contribution in [0.25, 0.3) is 0 Å². The fraction of sp³-hybridized carbons (Fsp3) is 0.600. The average Bonchev–Trinajstić information content (AvgIpc) is 3.10. The Labute approximate surface area is 164 Å². The molecule has 0 aliphatic rings. The minimum atomic E-state index is 0. The molecule has 24 heavy (non-hydrogen) atoms. The van der Waals surface area contributed by atoms with Gasteiger partial charge in [-0.25, -0.2) is 15.0 Å². The first-order chi connectivity index (χ1) is 10.9. The molecule has 9 heteroatoms. The van der Waals surface area contributed by atoms with Crippen LogP contribution in [0.2, 0.25) is 0 Å². The third-order valence-electron chi connectivity index (χ3n) is 3.16. The molecule has 0 amide bonds. The Morgan fingerprint density at radius 3 is 2.62 bits per heavy atom. The van der Waals surface area contributed by atoms with Crippen molar-refractivity contribution < 1.29 is 0 Å². The number of aromatic nitrogens is 4. The van der Waals surface area contributed by atoms with Crippen molar-refractivity contribution in [1.29, 1.82) is 0 Å². The normalized spacial score (nSPS) is 12.0. The van der Waals surface area contributed by atoms with Crippen LogP contribution in [-0.2, 0) is 25.6 Å². The average molecular weight is 463 g/mol. The molecule has 7 nitrogen and oxygen atoms in total. The fourth-order valence-corrected chi connectivity index (χ4v) is 2.77. The molecule has 0 radical (unpaired) electrons. The predicted molar refractivity (Wildman–Crippen MR) is 109 cm³/mol. The molecular formula is C15H26IN7S. The number of halogens is 1. The van der Waals surface area contributed by atoms with Crippen molar-refractivity contribution >= 4 is 41.3 Å². The Bertz CT molecular complexity index is 657. The van der Waals surface area contributed by atoms with E-state index in [1.165, 1.54) is 0 Å². The summed E-state index contributed by atoms with van der Waals surface area (Å²) in [6, 6.07) is 0. The number of hydrogen-bond donors (Lipinski definition) is 2. The summed E-state index contributed by atoms with van der Waals surface area (Å²) in [7, 11) is 1.87. The lowest BCUT2D eigenvalue weighted by Gasteiger charge is -2.13. The number of nitrogens with zero attached hydrogens (tertiary/aromatic N) is 5. The molecular weight excluding hydrogens is 437 g/mol. The number of aliphatic imine (C=N–C) groups is 1. The molecule has 2 rings (SSSR count). The first-order valence-corrected chi connectivity index (χ1v) is 8.58. The van der Waals surface area contributed by atoms with Crippen molar-refractivity contribution in [2.75, 3.05) is 6.54 Å². The van der Waals surface area contributed by atoms with Gasteiger partial charge in [-0.05, 0) is 6.92 Å². The van der Waals surface area contributed by atoms with E-state index >= 15 is 0 Å². The van der Waals surface area contributed by atoms with Crippen molar-refractivity contribution in [3.8, 4) is 0 Å². The molecule has 0 saturated heterocycles. The van der Waals surface area contributed by atoms with Gasteiger partial charge in [0.2, 0.25) is 0 Å². The molecule has 2 aromatic heterocycles. The van der Waals surface area contributed by atoms with Crippen molar-refractivity contribution in [3.05, 3.63) is 28.2 Å². The van der Waals surface area contributed by atoms with Gasteiger partial charge in [0, 0.05) is 24.4 Å². The van der Waals surface area contributed by atoms with E-state index in [2.05, 4.69) is 56.8 Å². The van der Waals surface area contributed by atoms with E-state index in [1.807, 2.05) is 14.0 Å². The predicted octanol–water partition coefficient (Wildman–Crippen LogP) is 2.44. The van der Waals surface area contributed by atoms with Crippen LogP contribution in [0.15, 0.2) is 16.7 Å². The summed E-state index contributed by atoms with van der Waals surface area (Å²) >= 11 is 1.69. The van der Waals surface area contributed by atoms with Gasteiger partial charge in [0.1, 0.15) is 12.2 Å². The van der Waals surface area contributed by atoms with E-state index in [4.69, 9.17) is 0 Å². The zero-order valence-corrected chi connectivity index (χ0v) is 18.0. The van der Waals surface area contributed by atoms with Crippen molar-refractivity contribution in [2.24, 2.45) is 12.0 Å². The third kappa shape index (κ3) is 6.00. The van der Waals surface area contributed by atoms with Crippen molar-refractivity contribution in [1.82, 2.24) is 30.4 Å². The molecule has 2 N–H and O–H groups in total.